The monoisotopic (exact) mass is 326 g/mol. The number of hydrogen-bond acceptors (Lipinski definition) is 4. The summed E-state index contributed by atoms with van der Waals surface area (Å²) in [6, 6.07) is 7.15. The minimum atomic E-state index is -3.53. The molecule has 0 bridgehead atoms. The lowest BCUT2D eigenvalue weighted by atomic mass is 10.2. The largest absolute Gasteiger partial charge is 0.375 e. The molecule has 1 atom stereocenters. The zero-order chi connectivity index (χ0) is 16.3. The lowest BCUT2D eigenvalue weighted by molar-refractivity contribution is -0.136. The number of amides is 1. The predicted octanol–water partition coefficient (Wildman–Crippen LogP) is 1.01. The van der Waals surface area contributed by atoms with E-state index in [1.54, 1.807) is 17.0 Å². The van der Waals surface area contributed by atoms with Crippen LogP contribution in [0.2, 0.25) is 0 Å². The number of carbonyl (C=O) groups excluding carboxylic acids is 1. The molecule has 0 aromatic heterocycles. The van der Waals surface area contributed by atoms with E-state index in [4.69, 9.17) is 4.74 Å². The number of nitrogens with zero attached hydrogens (tertiary/aromatic N) is 2. The van der Waals surface area contributed by atoms with Gasteiger partial charge in [0.15, 0.2) is 0 Å². The van der Waals surface area contributed by atoms with Crippen molar-refractivity contribution in [1.29, 1.82) is 0 Å². The van der Waals surface area contributed by atoms with Crippen LogP contribution in [0.5, 0.6) is 0 Å². The van der Waals surface area contributed by atoms with Gasteiger partial charge < -0.3 is 9.64 Å². The number of aryl methyl sites for hydroxylation is 1. The molecule has 22 heavy (non-hydrogen) atoms. The lowest BCUT2D eigenvalue weighted by Crippen LogP contribution is -2.49. The summed E-state index contributed by atoms with van der Waals surface area (Å²) in [5.74, 6) is -0.205. The van der Waals surface area contributed by atoms with Gasteiger partial charge in [0.2, 0.25) is 15.9 Å². The van der Waals surface area contributed by atoms with Crippen LogP contribution in [-0.2, 0) is 19.6 Å². The number of benzene rings is 1. The third kappa shape index (κ3) is 3.98. The van der Waals surface area contributed by atoms with Crippen LogP contribution in [0.4, 0.5) is 5.69 Å². The maximum Gasteiger partial charge on any atom is 0.243 e. The third-order valence-electron chi connectivity index (χ3n) is 3.66. The second-order valence-corrected chi connectivity index (χ2v) is 7.48. The molecule has 0 N–H and O–H groups in total. The lowest BCUT2D eigenvalue weighted by Gasteiger charge is -2.33. The highest BCUT2D eigenvalue weighted by Crippen LogP contribution is 2.22. The molecular formula is C15H22N2O4S. The summed E-state index contributed by atoms with van der Waals surface area (Å²) in [5.41, 5.74) is 1.36. The Morgan fingerprint density at radius 1 is 1.41 bits per heavy atom. The Morgan fingerprint density at radius 2 is 2.09 bits per heavy atom. The molecule has 1 heterocycles. The standard InChI is InChI=1S/C15H22N2O4S/c1-12-6-4-5-7-14(12)17(22(3,19)20)11-15(18)16-8-9-21-13(2)10-16/h4-7,13H,8-11H2,1-3H3. The second kappa shape index (κ2) is 6.66. The van der Waals surface area contributed by atoms with Gasteiger partial charge in [-0.3, -0.25) is 9.10 Å². The molecule has 1 aromatic rings. The number of anilines is 1. The van der Waals surface area contributed by atoms with Crippen LogP contribution in [0.25, 0.3) is 0 Å². The van der Waals surface area contributed by atoms with E-state index in [9.17, 15) is 13.2 Å². The normalized spacial score (nSPS) is 19.0. The van der Waals surface area contributed by atoms with Crippen LogP contribution in [0.1, 0.15) is 12.5 Å². The number of hydrogen-bond donors (Lipinski definition) is 0. The van der Waals surface area contributed by atoms with E-state index in [-0.39, 0.29) is 18.6 Å². The van der Waals surface area contributed by atoms with Gasteiger partial charge in [0.05, 0.1) is 24.7 Å². The highest BCUT2D eigenvalue weighted by atomic mass is 32.2. The Bertz CT molecular complexity index is 645. The van der Waals surface area contributed by atoms with E-state index in [1.165, 1.54) is 4.31 Å². The van der Waals surface area contributed by atoms with Crippen LogP contribution in [-0.4, -0.2) is 57.8 Å². The Morgan fingerprint density at radius 3 is 2.68 bits per heavy atom. The number of para-hydroxylation sites is 1. The molecule has 6 nitrogen and oxygen atoms in total. The number of morpholine rings is 1. The molecule has 2 rings (SSSR count). The maximum atomic E-state index is 12.4. The fourth-order valence-electron chi connectivity index (χ4n) is 2.49. The van der Waals surface area contributed by atoms with Gasteiger partial charge in [0.25, 0.3) is 0 Å². The topological polar surface area (TPSA) is 66.9 Å². The summed E-state index contributed by atoms with van der Waals surface area (Å²) in [5, 5.41) is 0. The quantitative estimate of drug-likeness (QED) is 0.828. The minimum Gasteiger partial charge on any atom is -0.375 e. The SMILES string of the molecule is Cc1ccccc1N(CC(=O)N1CCOC(C)C1)S(C)(=O)=O. The van der Waals surface area contributed by atoms with E-state index in [0.717, 1.165) is 11.8 Å². The highest BCUT2D eigenvalue weighted by molar-refractivity contribution is 7.92. The molecule has 1 unspecified atom stereocenters. The van der Waals surface area contributed by atoms with E-state index < -0.39 is 10.0 Å². The van der Waals surface area contributed by atoms with Gasteiger partial charge >= 0.3 is 0 Å². The van der Waals surface area contributed by atoms with Crippen LogP contribution in [0, 0.1) is 6.92 Å². The first kappa shape index (κ1) is 16.8. The number of carbonyl (C=O) groups is 1. The van der Waals surface area contributed by atoms with Gasteiger partial charge in [-0.15, -0.1) is 0 Å². The number of rotatable bonds is 4. The molecule has 1 aliphatic heterocycles. The first-order valence-corrected chi connectivity index (χ1v) is 9.06. The third-order valence-corrected chi connectivity index (χ3v) is 4.78. The van der Waals surface area contributed by atoms with Crippen molar-refractivity contribution in [3.05, 3.63) is 29.8 Å². The Kier molecular flexibility index (Phi) is 5.08. The van der Waals surface area contributed by atoms with Crippen molar-refractivity contribution in [3.8, 4) is 0 Å². The van der Waals surface area contributed by atoms with Crippen LogP contribution in [0.3, 0.4) is 0 Å². The molecule has 1 aliphatic rings. The Labute approximate surface area is 131 Å². The molecule has 0 spiro atoms. The number of sulfonamides is 1. The smallest absolute Gasteiger partial charge is 0.243 e. The van der Waals surface area contributed by atoms with Crippen molar-refractivity contribution >= 4 is 21.6 Å². The molecule has 0 radical (unpaired) electrons. The number of ether oxygens (including phenoxy) is 1. The molecule has 0 saturated carbocycles. The summed E-state index contributed by atoms with van der Waals surface area (Å²) < 4.78 is 30.8. The summed E-state index contributed by atoms with van der Waals surface area (Å²) in [4.78, 5) is 14.1. The maximum absolute atomic E-state index is 12.4. The highest BCUT2D eigenvalue weighted by Gasteiger charge is 2.27. The fraction of sp³-hybridized carbons (Fsp3) is 0.533. The average molecular weight is 326 g/mol. The van der Waals surface area contributed by atoms with Crippen molar-refractivity contribution in [1.82, 2.24) is 4.90 Å². The van der Waals surface area contributed by atoms with Crippen molar-refractivity contribution < 1.29 is 17.9 Å². The summed E-state index contributed by atoms with van der Waals surface area (Å²) >= 11 is 0. The van der Waals surface area contributed by atoms with Crippen LogP contribution in [0.15, 0.2) is 24.3 Å². The first-order valence-electron chi connectivity index (χ1n) is 7.22. The molecule has 7 heteroatoms. The fourth-order valence-corrected chi connectivity index (χ4v) is 3.40. The van der Waals surface area contributed by atoms with Crippen molar-refractivity contribution in [2.24, 2.45) is 0 Å². The molecule has 122 valence electrons. The summed E-state index contributed by atoms with van der Waals surface area (Å²) in [6.07, 6.45) is 1.09. The van der Waals surface area contributed by atoms with Gasteiger partial charge in [-0.25, -0.2) is 8.42 Å². The van der Waals surface area contributed by atoms with Crippen LogP contribution < -0.4 is 4.31 Å². The van der Waals surface area contributed by atoms with Crippen molar-refractivity contribution in [2.45, 2.75) is 20.0 Å². The van der Waals surface area contributed by atoms with Crippen molar-refractivity contribution in [3.63, 3.8) is 0 Å². The molecule has 0 aliphatic carbocycles. The van der Waals surface area contributed by atoms with Gasteiger partial charge in [-0.2, -0.15) is 0 Å². The summed E-state index contributed by atoms with van der Waals surface area (Å²) in [6.45, 7) is 5.01. The van der Waals surface area contributed by atoms with Gasteiger partial charge in [0.1, 0.15) is 6.54 Å². The molecule has 1 aromatic carbocycles. The van der Waals surface area contributed by atoms with Gasteiger partial charge in [-0.05, 0) is 25.5 Å². The summed E-state index contributed by atoms with van der Waals surface area (Å²) in [7, 11) is -3.53. The van der Waals surface area contributed by atoms with Crippen LogP contribution >= 0.6 is 0 Å². The molecular weight excluding hydrogens is 304 g/mol. The second-order valence-electron chi connectivity index (χ2n) is 5.58. The van der Waals surface area contributed by atoms with E-state index in [0.29, 0.717) is 25.4 Å². The van der Waals surface area contributed by atoms with Crippen molar-refractivity contribution in [2.75, 3.05) is 36.8 Å². The minimum absolute atomic E-state index is 0.0251. The van der Waals surface area contributed by atoms with Gasteiger partial charge in [-0.1, -0.05) is 18.2 Å². The molecule has 1 fully saturated rings. The van der Waals surface area contributed by atoms with E-state index in [2.05, 4.69) is 0 Å². The van der Waals surface area contributed by atoms with Gasteiger partial charge in [0, 0.05) is 13.1 Å². The van der Waals surface area contributed by atoms with E-state index in [1.807, 2.05) is 26.0 Å². The molecule has 1 saturated heterocycles. The molecule has 1 amide bonds. The Hall–Kier alpha value is -1.60. The van der Waals surface area contributed by atoms with E-state index >= 15 is 0 Å². The predicted molar refractivity (Wildman–Crippen MR) is 85.4 cm³/mol. The zero-order valence-corrected chi connectivity index (χ0v) is 14.0. The Balaban J connectivity index is 2.21. The first-order chi connectivity index (χ1) is 10.3. The average Bonchev–Trinajstić information content (AvgIpc) is 2.44. The zero-order valence-electron chi connectivity index (χ0n) is 13.2.